The van der Waals surface area contributed by atoms with E-state index in [9.17, 15) is 18.9 Å². The molecule has 0 fully saturated rings. The second-order valence-electron chi connectivity index (χ2n) is 32.5. The SMILES string of the molecule is CCCCCCCCCCCCCCCCO[C@@H](CCCCCCCCCCC(C)CCCCCCCCCCCCC(C)CCCCCCCCCC[C@@H](COP(=O)([O-])OCC[N+](C)(C)C)OCCCCCCCCCCCCCCCC)COP(=O)([O-])OCC[N+](C)(C)C. The van der Waals surface area contributed by atoms with Crippen molar-refractivity contribution in [3.05, 3.63) is 0 Å². The van der Waals surface area contributed by atoms with Crippen LogP contribution >= 0.6 is 15.6 Å². The summed E-state index contributed by atoms with van der Waals surface area (Å²) >= 11 is 0. The third-order valence-electron chi connectivity index (χ3n) is 20.2. The number of quaternary nitrogens is 2. The number of hydrogen-bond acceptors (Lipinski definition) is 10. The van der Waals surface area contributed by atoms with Crippen LogP contribution in [0.15, 0.2) is 0 Å². The molecule has 578 valence electrons. The van der Waals surface area contributed by atoms with Crippen molar-refractivity contribution in [2.24, 2.45) is 11.8 Å². The number of ether oxygens (including phenoxy) is 2. The molecule has 6 atom stereocenters. The van der Waals surface area contributed by atoms with Gasteiger partial charge in [0, 0.05) is 13.2 Å². The number of nitrogens with zero attached hydrogens (tertiary/aromatic N) is 2. The molecule has 0 saturated carbocycles. The lowest BCUT2D eigenvalue weighted by Crippen LogP contribution is -2.37. The molecule has 0 saturated heterocycles. The van der Waals surface area contributed by atoms with Gasteiger partial charge in [0.2, 0.25) is 0 Å². The third-order valence-corrected chi connectivity index (χ3v) is 22.1. The van der Waals surface area contributed by atoms with Crippen molar-refractivity contribution in [2.75, 3.05) is 95.0 Å². The molecule has 0 aromatic carbocycles. The number of rotatable bonds is 81. The van der Waals surface area contributed by atoms with Gasteiger partial charge in [-0.3, -0.25) is 9.13 Å². The molecule has 0 radical (unpaired) electrons. The van der Waals surface area contributed by atoms with Crippen LogP contribution in [0.25, 0.3) is 0 Å². The summed E-state index contributed by atoms with van der Waals surface area (Å²) < 4.78 is 60.1. The van der Waals surface area contributed by atoms with Gasteiger partial charge in [-0.15, -0.1) is 0 Å². The zero-order chi connectivity index (χ0) is 70.6. The summed E-state index contributed by atoms with van der Waals surface area (Å²) in [5.41, 5.74) is 0. The lowest BCUT2D eigenvalue weighted by Gasteiger charge is -2.28. The van der Waals surface area contributed by atoms with Gasteiger partial charge in [-0.05, 0) is 37.5 Å². The Kier molecular flexibility index (Phi) is 69.5. The molecule has 0 aliphatic rings. The van der Waals surface area contributed by atoms with Crippen LogP contribution in [-0.2, 0) is 36.7 Å². The summed E-state index contributed by atoms with van der Waals surface area (Å²) in [6.45, 7) is 12.4. The number of phosphoric ester groups is 2. The first-order valence-electron chi connectivity index (χ1n) is 42.3. The van der Waals surface area contributed by atoms with E-state index in [4.69, 9.17) is 27.6 Å². The molecule has 0 heterocycles. The lowest BCUT2D eigenvalue weighted by atomic mass is 9.95. The van der Waals surface area contributed by atoms with Gasteiger partial charge in [-0.1, -0.05) is 387 Å². The molecule has 0 amide bonds. The largest absolute Gasteiger partial charge is 0.756 e. The van der Waals surface area contributed by atoms with E-state index in [2.05, 4.69) is 27.7 Å². The highest BCUT2D eigenvalue weighted by molar-refractivity contribution is 7.46. The van der Waals surface area contributed by atoms with Crippen molar-refractivity contribution in [3.8, 4) is 0 Å². The molecule has 0 bridgehead atoms. The normalized spacial score (nSPS) is 14.9. The molecule has 0 spiro atoms. The van der Waals surface area contributed by atoms with Crippen molar-refractivity contribution in [1.82, 2.24) is 0 Å². The summed E-state index contributed by atoms with van der Waals surface area (Å²) in [5.74, 6) is 1.71. The van der Waals surface area contributed by atoms with Crippen LogP contribution in [0.3, 0.4) is 0 Å². The summed E-state index contributed by atoms with van der Waals surface area (Å²) in [7, 11) is 3.39. The predicted octanol–water partition coefficient (Wildman–Crippen LogP) is 24.9. The maximum absolute atomic E-state index is 12.6. The summed E-state index contributed by atoms with van der Waals surface area (Å²) in [5, 5.41) is 0. The molecule has 12 nitrogen and oxygen atoms in total. The molecule has 14 heteroatoms. The Morgan fingerprint density at radius 2 is 0.448 bits per heavy atom. The Bertz CT molecular complexity index is 1550. The average Bonchev–Trinajstić information content (AvgIpc) is 2.29. The zero-order valence-electron chi connectivity index (χ0n) is 66.3. The summed E-state index contributed by atoms with van der Waals surface area (Å²) in [6.07, 6.45) is 78.3. The highest BCUT2D eigenvalue weighted by Crippen LogP contribution is 2.40. The Morgan fingerprint density at radius 3 is 0.656 bits per heavy atom. The van der Waals surface area contributed by atoms with E-state index in [1.807, 2.05) is 42.3 Å². The van der Waals surface area contributed by atoms with Crippen molar-refractivity contribution < 1.29 is 55.5 Å². The van der Waals surface area contributed by atoms with Crippen LogP contribution in [-0.4, -0.2) is 116 Å². The van der Waals surface area contributed by atoms with E-state index >= 15 is 0 Å². The van der Waals surface area contributed by atoms with Crippen molar-refractivity contribution >= 4 is 15.6 Å². The molecule has 0 rings (SSSR count). The second kappa shape index (κ2) is 69.4. The zero-order valence-corrected chi connectivity index (χ0v) is 68.1. The minimum absolute atomic E-state index is 0.0465. The first kappa shape index (κ1) is 96.1. The van der Waals surface area contributed by atoms with Gasteiger partial charge in [-0.25, -0.2) is 0 Å². The standard InChI is InChI=1S/C82H170N2O10P2/c1-11-13-15-17-19-21-23-25-27-31-39-47-55-63-73-89-81(77-93-95(85,86)91-75-71-83(5,6)7)69-61-53-45-37-35-43-51-59-67-79(3)65-57-49-41-33-29-30-34-42-50-58-66-80(4)68-60-52-44-36-38-46-54-62-70-82(78-94-96(87,88)92-76-72-84(8,9)10)90-74-64-56-48-40-32-28-26-24-22-20-18-16-14-12-2/h79-82H,11-78H2,1-10H3/t79?,80?,81-,82-/m0/s1. The Hall–Kier alpha value is 0.0600. The fraction of sp³-hybridized carbons (Fsp3) is 1.00. The predicted molar refractivity (Wildman–Crippen MR) is 411 cm³/mol. The van der Waals surface area contributed by atoms with Gasteiger partial charge in [0.15, 0.2) is 0 Å². The van der Waals surface area contributed by atoms with Crippen LogP contribution < -0.4 is 9.79 Å². The van der Waals surface area contributed by atoms with Gasteiger partial charge >= 0.3 is 0 Å². The summed E-state index contributed by atoms with van der Waals surface area (Å²) in [4.78, 5) is 25.1. The van der Waals surface area contributed by atoms with Crippen molar-refractivity contribution in [2.45, 2.75) is 425 Å². The molecule has 0 aromatic rings. The molecular formula is C82H170N2O10P2. The van der Waals surface area contributed by atoms with Crippen LogP contribution in [0, 0.1) is 11.8 Å². The van der Waals surface area contributed by atoms with E-state index in [0.717, 1.165) is 63.2 Å². The Labute approximate surface area is 600 Å². The van der Waals surface area contributed by atoms with Crippen molar-refractivity contribution in [3.63, 3.8) is 0 Å². The summed E-state index contributed by atoms with van der Waals surface area (Å²) in [6, 6.07) is 0. The topological polar surface area (TPSA) is 136 Å². The number of phosphoric acid groups is 2. The first-order chi connectivity index (χ1) is 46.3. The molecular weight excluding hydrogens is 1230 g/mol. The maximum atomic E-state index is 12.6. The molecule has 96 heavy (non-hydrogen) atoms. The van der Waals surface area contributed by atoms with E-state index in [1.165, 1.54) is 334 Å². The number of unbranched alkanes of at least 4 members (excludes halogenated alkanes) is 49. The monoisotopic (exact) mass is 1410 g/mol. The van der Waals surface area contributed by atoms with Crippen LogP contribution in [0.5, 0.6) is 0 Å². The van der Waals surface area contributed by atoms with Crippen LogP contribution in [0.4, 0.5) is 0 Å². The Morgan fingerprint density at radius 1 is 0.260 bits per heavy atom. The van der Waals surface area contributed by atoms with Crippen LogP contribution in [0.2, 0.25) is 0 Å². The average molecular weight is 1410 g/mol. The second-order valence-corrected chi connectivity index (χ2v) is 35.3. The van der Waals surface area contributed by atoms with E-state index in [-0.39, 0.29) is 38.6 Å². The smallest absolute Gasteiger partial charge is 0.268 e. The van der Waals surface area contributed by atoms with Gasteiger partial charge < -0.3 is 46.3 Å². The highest BCUT2D eigenvalue weighted by Gasteiger charge is 2.20. The van der Waals surface area contributed by atoms with Gasteiger partial charge in [0.25, 0.3) is 15.6 Å². The molecule has 0 aromatic heterocycles. The van der Waals surface area contributed by atoms with Gasteiger partial charge in [0.05, 0.1) is 67.7 Å². The lowest BCUT2D eigenvalue weighted by molar-refractivity contribution is -0.870. The first-order valence-corrected chi connectivity index (χ1v) is 45.2. The quantitative estimate of drug-likeness (QED) is 0.0329. The molecule has 4 unspecified atom stereocenters. The fourth-order valence-electron chi connectivity index (χ4n) is 13.3. The van der Waals surface area contributed by atoms with Gasteiger partial charge in [-0.2, -0.15) is 0 Å². The van der Waals surface area contributed by atoms with Gasteiger partial charge in [0.1, 0.15) is 26.3 Å². The number of hydrogen-bond donors (Lipinski definition) is 0. The van der Waals surface area contributed by atoms with E-state index in [1.54, 1.807) is 0 Å². The minimum atomic E-state index is -4.36. The fourth-order valence-corrected chi connectivity index (χ4v) is 14.8. The highest BCUT2D eigenvalue weighted by atomic mass is 31.2. The van der Waals surface area contributed by atoms with Crippen LogP contribution in [0.1, 0.15) is 413 Å². The van der Waals surface area contributed by atoms with E-state index < -0.39 is 15.6 Å². The van der Waals surface area contributed by atoms with Crippen molar-refractivity contribution in [1.29, 1.82) is 0 Å². The maximum Gasteiger partial charge on any atom is 0.268 e. The molecule has 0 aliphatic heterocycles. The third kappa shape index (κ3) is 76.7. The Balaban J connectivity index is 4.01. The molecule has 0 N–H and O–H groups in total. The number of likely N-dealkylation sites (N-methyl/N-ethyl adjacent to an activating group) is 2. The molecule has 0 aliphatic carbocycles. The minimum Gasteiger partial charge on any atom is -0.756 e. The van der Waals surface area contributed by atoms with E-state index in [0.29, 0.717) is 35.3 Å².